The van der Waals surface area contributed by atoms with E-state index in [1.54, 1.807) is 20.4 Å². The highest BCUT2D eigenvalue weighted by Crippen LogP contribution is 2.24. The number of morpholine rings is 1. The maximum Gasteiger partial charge on any atom is 0.226 e. The summed E-state index contributed by atoms with van der Waals surface area (Å²) in [7, 11) is 3.45. The van der Waals surface area contributed by atoms with Crippen molar-refractivity contribution in [3.05, 3.63) is 72.1 Å². The van der Waals surface area contributed by atoms with Gasteiger partial charge in [0.15, 0.2) is 5.96 Å². The molecule has 0 aliphatic carbocycles. The van der Waals surface area contributed by atoms with Crippen LogP contribution in [0.4, 0.5) is 0 Å². The van der Waals surface area contributed by atoms with Gasteiger partial charge >= 0.3 is 0 Å². The number of nitrogens with one attached hydrogen (secondary N) is 2. The van der Waals surface area contributed by atoms with Crippen LogP contribution >= 0.6 is 0 Å². The molecule has 8 nitrogen and oxygen atoms in total. The van der Waals surface area contributed by atoms with Gasteiger partial charge in [-0.1, -0.05) is 30.3 Å². The zero-order chi connectivity index (χ0) is 22.9. The molecule has 2 heterocycles. The lowest BCUT2D eigenvalue weighted by Crippen LogP contribution is -2.46. The molecule has 1 atom stereocenters. The smallest absolute Gasteiger partial charge is 0.226 e. The van der Waals surface area contributed by atoms with Crippen molar-refractivity contribution in [3.63, 3.8) is 0 Å². The van der Waals surface area contributed by atoms with Gasteiger partial charge in [-0.25, -0.2) is 4.98 Å². The van der Waals surface area contributed by atoms with Crippen LogP contribution in [0.5, 0.6) is 5.75 Å². The van der Waals surface area contributed by atoms with E-state index in [1.165, 1.54) is 5.56 Å². The highest BCUT2D eigenvalue weighted by molar-refractivity contribution is 5.79. The fourth-order valence-electron chi connectivity index (χ4n) is 3.86. The van der Waals surface area contributed by atoms with E-state index in [2.05, 4.69) is 37.6 Å². The average molecular weight is 450 g/mol. The van der Waals surface area contributed by atoms with E-state index >= 15 is 0 Å². The fraction of sp³-hybridized carbons (Fsp3) is 0.360. The number of hydrogen-bond acceptors (Lipinski definition) is 6. The van der Waals surface area contributed by atoms with Crippen LogP contribution in [0.1, 0.15) is 17.3 Å². The van der Waals surface area contributed by atoms with Crippen LogP contribution in [0, 0.1) is 0 Å². The molecule has 1 aliphatic rings. The summed E-state index contributed by atoms with van der Waals surface area (Å²) in [6.07, 6.45) is 1.68. The van der Waals surface area contributed by atoms with Crippen molar-refractivity contribution in [2.45, 2.75) is 12.6 Å². The number of aromatic nitrogens is 1. The van der Waals surface area contributed by atoms with Crippen molar-refractivity contribution in [1.29, 1.82) is 0 Å². The number of rotatable bonds is 8. The molecular weight excluding hydrogens is 418 g/mol. The molecule has 3 aromatic rings. The van der Waals surface area contributed by atoms with Crippen LogP contribution < -0.4 is 15.4 Å². The van der Waals surface area contributed by atoms with Crippen molar-refractivity contribution in [2.24, 2.45) is 4.99 Å². The number of ether oxygens (including phenoxy) is 2. The molecule has 8 heteroatoms. The third-order valence-corrected chi connectivity index (χ3v) is 5.68. The molecule has 33 heavy (non-hydrogen) atoms. The first-order valence-corrected chi connectivity index (χ1v) is 11.2. The zero-order valence-corrected chi connectivity index (χ0v) is 19.2. The van der Waals surface area contributed by atoms with E-state index in [4.69, 9.17) is 13.9 Å². The minimum Gasteiger partial charge on any atom is -0.497 e. The predicted molar refractivity (Wildman–Crippen MR) is 128 cm³/mol. The first-order valence-electron chi connectivity index (χ1n) is 11.2. The van der Waals surface area contributed by atoms with Crippen molar-refractivity contribution in [3.8, 4) is 17.2 Å². The zero-order valence-electron chi connectivity index (χ0n) is 19.2. The molecule has 1 aromatic heterocycles. The van der Waals surface area contributed by atoms with Crippen LogP contribution in [-0.2, 0) is 11.3 Å². The Hall–Kier alpha value is -3.36. The number of nitrogens with zero attached hydrogens (tertiary/aromatic N) is 3. The second-order valence-corrected chi connectivity index (χ2v) is 7.75. The van der Waals surface area contributed by atoms with Crippen molar-refractivity contribution in [1.82, 2.24) is 20.5 Å². The van der Waals surface area contributed by atoms with E-state index in [1.807, 2.05) is 42.5 Å². The lowest BCUT2D eigenvalue weighted by Gasteiger charge is -2.35. The maximum absolute atomic E-state index is 5.63. The first kappa shape index (κ1) is 22.8. The molecule has 4 rings (SSSR count). The molecule has 1 saturated heterocycles. The second kappa shape index (κ2) is 11.5. The molecule has 1 fully saturated rings. The van der Waals surface area contributed by atoms with E-state index in [9.17, 15) is 0 Å². The van der Waals surface area contributed by atoms with Crippen LogP contribution in [0.2, 0.25) is 0 Å². The second-order valence-electron chi connectivity index (χ2n) is 7.75. The van der Waals surface area contributed by atoms with Gasteiger partial charge in [-0.05, 0) is 29.8 Å². The van der Waals surface area contributed by atoms with E-state index in [0.717, 1.165) is 43.3 Å². The predicted octanol–water partition coefficient (Wildman–Crippen LogP) is 3.09. The van der Waals surface area contributed by atoms with Crippen LogP contribution in [0.3, 0.4) is 0 Å². The normalized spacial score (nSPS) is 15.8. The molecule has 1 aliphatic heterocycles. The number of hydrogen-bond donors (Lipinski definition) is 2. The molecule has 174 valence electrons. The minimum atomic E-state index is 0.190. The summed E-state index contributed by atoms with van der Waals surface area (Å²) in [6.45, 7) is 4.50. The number of methoxy groups -OCH3 is 1. The molecule has 0 spiro atoms. The van der Waals surface area contributed by atoms with E-state index < -0.39 is 0 Å². The molecule has 0 saturated carbocycles. The van der Waals surface area contributed by atoms with Crippen LogP contribution in [-0.4, -0.2) is 62.8 Å². The standard InChI is InChI=1S/C25H31N5O3/c1-26-25(27-16-21-18-33-24(29-21)20-6-4-3-5-7-20)28-17-23(30-12-14-32-15-13-30)19-8-10-22(31-2)11-9-19/h3-11,18,23H,12-17H2,1-2H3,(H2,26,27,28). The van der Waals surface area contributed by atoms with Gasteiger partial charge in [0.2, 0.25) is 5.89 Å². The lowest BCUT2D eigenvalue weighted by atomic mass is 10.0. The quantitative estimate of drug-likeness (QED) is 0.404. The average Bonchev–Trinajstić information content (AvgIpc) is 3.36. The number of benzene rings is 2. The number of oxazole rings is 1. The molecule has 0 bridgehead atoms. The third kappa shape index (κ3) is 6.12. The Bertz CT molecular complexity index is 1010. The lowest BCUT2D eigenvalue weighted by molar-refractivity contribution is 0.0170. The summed E-state index contributed by atoms with van der Waals surface area (Å²) in [5.41, 5.74) is 3.00. The summed E-state index contributed by atoms with van der Waals surface area (Å²) in [5.74, 6) is 2.18. The Labute approximate surface area is 194 Å². The molecule has 2 N–H and O–H groups in total. The minimum absolute atomic E-state index is 0.190. The van der Waals surface area contributed by atoms with Gasteiger partial charge in [0.25, 0.3) is 0 Å². The van der Waals surface area contributed by atoms with Crippen molar-refractivity contribution >= 4 is 5.96 Å². The Morgan fingerprint density at radius 1 is 1.09 bits per heavy atom. The Morgan fingerprint density at radius 2 is 1.85 bits per heavy atom. The molecule has 0 radical (unpaired) electrons. The highest BCUT2D eigenvalue weighted by atomic mass is 16.5. The molecule has 2 aromatic carbocycles. The summed E-state index contributed by atoms with van der Waals surface area (Å²) in [6, 6.07) is 18.3. The van der Waals surface area contributed by atoms with Gasteiger partial charge in [-0.3, -0.25) is 9.89 Å². The monoisotopic (exact) mass is 449 g/mol. The highest BCUT2D eigenvalue weighted by Gasteiger charge is 2.23. The van der Waals surface area contributed by atoms with Crippen LogP contribution in [0.15, 0.2) is 70.3 Å². The van der Waals surface area contributed by atoms with Gasteiger partial charge in [0.05, 0.1) is 38.6 Å². The van der Waals surface area contributed by atoms with Crippen LogP contribution in [0.25, 0.3) is 11.5 Å². The Balaban J connectivity index is 1.37. The van der Waals surface area contributed by atoms with Gasteiger partial charge in [-0.15, -0.1) is 0 Å². The van der Waals surface area contributed by atoms with Crippen molar-refractivity contribution in [2.75, 3.05) is 47.0 Å². The van der Waals surface area contributed by atoms with Gasteiger partial charge < -0.3 is 24.5 Å². The Morgan fingerprint density at radius 3 is 2.55 bits per heavy atom. The summed E-state index contributed by atoms with van der Waals surface area (Å²) in [5, 5.41) is 6.80. The maximum atomic E-state index is 5.63. The number of aliphatic imine (C=N–C) groups is 1. The Kier molecular flexibility index (Phi) is 7.94. The fourth-order valence-corrected chi connectivity index (χ4v) is 3.86. The van der Waals surface area contributed by atoms with Crippen molar-refractivity contribution < 1.29 is 13.9 Å². The SMILES string of the molecule is CN=C(NCc1coc(-c2ccccc2)n1)NCC(c1ccc(OC)cc1)N1CCOCC1. The third-order valence-electron chi connectivity index (χ3n) is 5.68. The largest absolute Gasteiger partial charge is 0.497 e. The molecule has 0 amide bonds. The topological polar surface area (TPSA) is 84.2 Å². The van der Waals surface area contributed by atoms with E-state index in [0.29, 0.717) is 24.9 Å². The van der Waals surface area contributed by atoms with Gasteiger partial charge in [-0.2, -0.15) is 0 Å². The number of guanidine groups is 1. The first-order chi connectivity index (χ1) is 16.3. The van der Waals surface area contributed by atoms with Gasteiger partial charge in [0, 0.05) is 32.2 Å². The van der Waals surface area contributed by atoms with Gasteiger partial charge in [0.1, 0.15) is 12.0 Å². The summed E-state index contributed by atoms with van der Waals surface area (Å²) in [4.78, 5) is 11.4. The molecule has 1 unspecified atom stereocenters. The summed E-state index contributed by atoms with van der Waals surface area (Å²) >= 11 is 0. The van der Waals surface area contributed by atoms with E-state index in [-0.39, 0.29) is 6.04 Å². The molecular formula is C25H31N5O3. The summed E-state index contributed by atoms with van der Waals surface area (Å²) < 4.78 is 16.5.